The number of halogens is 2. The number of anilines is 1. The molecule has 1 unspecified atom stereocenters. The summed E-state index contributed by atoms with van der Waals surface area (Å²) in [7, 11) is 5.05. The number of hydrogen-bond donors (Lipinski definition) is 2. The van der Waals surface area contributed by atoms with Crippen LogP contribution in [-0.4, -0.2) is 46.4 Å². The lowest BCUT2D eigenvalue weighted by Crippen LogP contribution is -2.44. The number of guanidine groups is 1. The molecule has 0 radical (unpaired) electrons. The van der Waals surface area contributed by atoms with Crippen molar-refractivity contribution in [1.29, 1.82) is 0 Å². The van der Waals surface area contributed by atoms with Crippen molar-refractivity contribution >= 4 is 35.6 Å². The molecule has 1 aliphatic heterocycles. The van der Waals surface area contributed by atoms with Crippen LogP contribution in [0.4, 0.5) is 10.1 Å². The zero-order valence-electron chi connectivity index (χ0n) is 17.9. The lowest BCUT2D eigenvalue weighted by molar-refractivity contribution is 0.394. The van der Waals surface area contributed by atoms with Crippen molar-refractivity contribution in [2.75, 3.05) is 39.3 Å². The standard InChI is InChI=1S/C22H29FN4O2.HI/c1-15-5-6-16(9-21(15)23)13-25-22(24-2)26-17-7-8-27(14-17)18-10-19(28-3)12-20(11-18)29-4;/h5-6,9-12,17H,7-8,13-14H2,1-4H3,(H2,24,25,26);1H. The molecular formula is C22H30FIN4O2. The van der Waals surface area contributed by atoms with Crippen molar-refractivity contribution in [3.05, 3.63) is 53.3 Å². The second-order valence-corrected chi connectivity index (χ2v) is 7.16. The Bertz CT molecular complexity index is 856. The van der Waals surface area contributed by atoms with Gasteiger partial charge in [-0.2, -0.15) is 0 Å². The van der Waals surface area contributed by atoms with Gasteiger partial charge in [-0.25, -0.2) is 4.39 Å². The van der Waals surface area contributed by atoms with E-state index in [1.165, 1.54) is 0 Å². The minimum absolute atomic E-state index is 0. The van der Waals surface area contributed by atoms with Gasteiger partial charge in [0.05, 0.1) is 14.2 Å². The zero-order valence-corrected chi connectivity index (χ0v) is 20.2. The van der Waals surface area contributed by atoms with E-state index in [2.05, 4.69) is 20.5 Å². The number of ether oxygens (including phenoxy) is 2. The van der Waals surface area contributed by atoms with E-state index in [0.29, 0.717) is 18.1 Å². The molecule has 3 rings (SSSR count). The van der Waals surface area contributed by atoms with Gasteiger partial charge in [-0.1, -0.05) is 12.1 Å². The summed E-state index contributed by atoms with van der Waals surface area (Å²) in [6, 6.07) is 11.4. The molecule has 8 heteroatoms. The number of aliphatic imine (C=N–C) groups is 1. The summed E-state index contributed by atoms with van der Waals surface area (Å²) in [6.45, 7) is 4.04. The Morgan fingerprint density at radius 1 is 1.17 bits per heavy atom. The van der Waals surface area contributed by atoms with Crippen molar-refractivity contribution in [3.63, 3.8) is 0 Å². The fourth-order valence-electron chi connectivity index (χ4n) is 3.41. The molecule has 0 aromatic heterocycles. The summed E-state index contributed by atoms with van der Waals surface area (Å²) in [4.78, 5) is 6.60. The Labute approximate surface area is 194 Å². The average molecular weight is 528 g/mol. The molecule has 1 saturated heterocycles. The van der Waals surface area contributed by atoms with E-state index in [1.54, 1.807) is 40.3 Å². The van der Waals surface area contributed by atoms with Crippen LogP contribution in [0.5, 0.6) is 11.5 Å². The Morgan fingerprint density at radius 3 is 2.47 bits per heavy atom. The maximum atomic E-state index is 13.7. The summed E-state index contributed by atoms with van der Waals surface area (Å²) in [5.74, 6) is 2.07. The predicted molar refractivity (Wildman–Crippen MR) is 130 cm³/mol. The molecule has 0 amide bonds. The van der Waals surface area contributed by atoms with E-state index in [4.69, 9.17) is 9.47 Å². The molecule has 164 valence electrons. The minimum Gasteiger partial charge on any atom is -0.497 e. The smallest absolute Gasteiger partial charge is 0.191 e. The lowest BCUT2D eigenvalue weighted by Gasteiger charge is -2.21. The summed E-state index contributed by atoms with van der Waals surface area (Å²) in [5, 5.41) is 6.72. The number of rotatable bonds is 6. The van der Waals surface area contributed by atoms with Gasteiger partial charge in [-0.05, 0) is 30.5 Å². The summed E-state index contributed by atoms with van der Waals surface area (Å²) in [6.07, 6.45) is 0.986. The van der Waals surface area contributed by atoms with Crippen LogP contribution >= 0.6 is 24.0 Å². The minimum atomic E-state index is -0.188. The first kappa shape index (κ1) is 24.0. The highest BCUT2D eigenvalue weighted by molar-refractivity contribution is 14.0. The normalized spacial score (nSPS) is 16.1. The summed E-state index contributed by atoms with van der Waals surface area (Å²) in [5.41, 5.74) is 2.60. The topological polar surface area (TPSA) is 58.1 Å². The number of nitrogens with one attached hydrogen (secondary N) is 2. The number of methoxy groups -OCH3 is 2. The molecule has 0 bridgehead atoms. The Balaban J connectivity index is 0.00000320. The first-order valence-electron chi connectivity index (χ1n) is 9.72. The van der Waals surface area contributed by atoms with Crippen LogP contribution in [0.1, 0.15) is 17.5 Å². The van der Waals surface area contributed by atoms with Crippen molar-refractivity contribution in [2.45, 2.75) is 25.9 Å². The Kier molecular flexibility index (Phi) is 9.01. The molecule has 2 aromatic carbocycles. The number of hydrogen-bond acceptors (Lipinski definition) is 4. The van der Waals surface area contributed by atoms with Gasteiger partial charge in [0.2, 0.25) is 0 Å². The van der Waals surface area contributed by atoms with Gasteiger partial charge in [-0.3, -0.25) is 4.99 Å². The van der Waals surface area contributed by atoms with Gasteiger partial charge in [0.25, 0.3) is 0 Å². The molecule has 1 fully saturated rings. The third-order valence-electron chi connectivity index (χ3n) is 5.15. The van der Waals surface area contributed by atoms with Crippen LogP contribution in [0.25, 0.3) is 0 Å². The first-order chi connectivity index (χ1) is 14.0. The van der Waals surface area contributed by atoms with Crippen molar-refractivity contribution in [1.82, 2.24) is 10.6 Å². The maximum absolute atomic E-state index is 13.7. The number of aryl methyl sites for hydroxylation is 1. The maximum Gasteiger partial charge on any atom is 0.191 e. The van der Waals surface area contributed by atoms with Gasteiger partial charge in [0, 0.05) is 56.6 Å². The molecule has 1 atom stereocenters. The SMILES string of the molecule is CN=C(NCc1ccc(C)c(F)c1)NC1CCN(c2cc(OC)cc(OC)c2)C1.I. The third kappa shape index (κ3) is 6.13. The van der Waals surface area contributed by atoms with Gasteiger partial charge in [0.1, 0.15) is 17.3 Å². The fourth-order valence-corrected chi connectivity index (χ4v) is 3.41. The molecule has 0 aliphatic carbocycles. The van der Waals surface area contributed by atoms with Crippen LogP contribution in [0.15, 0.2) is 41.4 Å². The van der Waals surface area contributed by atoms with Crippen LogP contribution in [0.3, 0.4) is 0 Å². The number of nitrogens with zero attached hydrogens (tertiary/aromatic N) is 2. The average Bonchev–Trinajstić information content (AvgIpc) is 3.21. The number of benzene rings is 2. The van der Waals surface area contributed by atoms with Crippen molar-refractivity contribution in [3.8, 4) is 11.5 Å². The first-order valence-corrected chi connectivity index (χ1v) is 9.72. The molecule has 1 heterocycles. The highest BCUT2D eigenvalue weighted by Crippen LogP contribution is 2.30. The monoisotopic (exact) mass is 528 g/mol. The van der Waals surface area contributed by atoms with E-state index in [1.807, 2.05) is 24.3 Å². The third-order valence-corrected chi connectivity index (χ3v) is 5.15. The predicted octanol–water partition coefficient (Wildman–Crippen LogP) is 3.71. The quantitative estimate of drug-likeness (QED) is 0.340. The van der Waals surface area contributed by atoms with Gasteiger partial charge in [0.15, 0.2) is 5.96 Å². The zero-order chi connectivity index (χ0) is 20.8. The van der Waals surface area contributed by atoms with E-state index < -0.39 is 0 Å². The van der Waals surface area contributed by atoms with Crippen molar-refractivity contribution < 1.29 is 13.9 Å². The highest BCUT2D eigenvalue weighted by Gasteiger charge is 2.24. The lowest BCUT2D eigenvalue weighted by atomic mass is 10.1. The van der Waals surface area contributed by atoms with E-state index in [0.717, 1.165) is 42.3 Å². The molecule has 2 N–H and O–H groups in total. The van der Waals surface area contributed by atoms with Gasteiger partial charge >= 0.3 is 0 Å². The van der Waals surface area contributed by atoms with Crippen LogP contribution in [0, 0.1) is 12.7 Å². The van der Waals surface area contributed by atoms with Crippen LogP contribution in [-0.2, 0) is 6.54 Å². The van der Waals surface area contributed by atoms with Crippen molar-refractivity contribution in [2.24, 2.45) is 4.99 Å². The molecule has 0 saturated carbocycles. The van der Waals surface area contributed by atoms with E-state index in [9.17, 15) is 4.39 Å². The second-order valence-electron chi connectivity index (χ2n) is 7.16. The van der Waals surface area contributed by atoms with E-state index in [-0.39, 0.29) is 35.8 Å². The highest BCUT2D eigenvalue weighted by atomic mass is 127. The molecule has 2 aromatic rings. The summed E-state index contributed by atoms with van der Waals surface area (Å²) < 4.78 is 24.5. The van der Waals surface area contributed by atoms with Gasteiger partial charge < -0.3 is 25.0 Å². The molecule has 6 nitrogen and oxygen atoms in total. The molecule has 1 aliphatic rings. The fraction of sp³-hybridized carbons (Fsp3) is 0.409. The largest absolute Gasteiger partial charge is 0.497 e. The van der Waals surface area contributed by atoms with E-state index >= 15 is 0 Å². The van der Waals surface area contributed by atoms with Crippen LogP contribution < -0.4 is 25.0 Å². The van der Waals surface area contributed by atoms with Gasteiger partial charge in [-0.15, -0.1) is 24.0 Å². The second kappa shape index (κ2) is 11.2. The molecule has 30 heavy (non-hydrogen) atoms. The van der Waals surface area contributed by atoms with Crippen LogP contribution in [0.2, 0.25) is 0 Å². The Morgan fingerprint density at radius 2 is 1.87 bits per heavy atom. The molecule has 0 spiro atoms. The Hall–Kier alpha value is -2.23. The summed E-state index contributed by atoms with van der Waals surface area (Å²) >= 11 is 0. The molecular weight excluding hydrogens is 498 g/mol.